The lowest BCUT2D eigenvalue weighted by molar-refractivity contribution is -0.384. The molecule has 0 amide bonds. The molecule has 0 radical (unpaired) electrons. The van der Waals surface area contributed by atoms with E-state index in [1.807, 2.05) is 34.2 Å². The van der Waals surface area contributed by atoms with E-state index in [1.54, 1.807) is 12.1 Å². The Morgan fingerprint density at radius 3 is 1.90 bits per heavy atom. The van der Waals surface area contributed by atoms with Crippen molar-refractivity contribution < 1.29 is 13.8 Å². The Balaban J connectivity index is 2.85. The number of nitro benzene ring substituents is 1. The summed E-state index contributed by atoms with van der Waals surface area (Å²) < 4.78 is 11.8. The Kier molecular flexibility index (Phi) is 5.67. The summed E-state index contributed by atoms with van der Waals surface area (Å²) in [6.07, 6.45) is 0.0759. The molecule has 7 heteroatoms. The highest BCUT2D eigenvalue weighted by Gasteiger charge is 2.35. The van der Waals surface area contributed by atoms with Gasteiger partial charge in [-0.1, -0.05) is 0 Å². The fraction of sp³-hybridized carbons (Fsp3) is 0.538. The van der Waals surface area contributed by atoms with Crippen molar-refractivity contribution in [2.24, 2.45) is 0 Å². The van der Waals surface area contributed by atoms with Crippen molar-refractivity contribution in [3.63, 3.8) is 0 Å². The molecule has 1 N–H and O–H groups in total. The van der Waals surface area contributed by atoms with Gasteiger partial charge in [-0.3, -0.25) is 10.1 Å². The number of nitrogens with zero attached hydrogens (tertiary/aromatic N) is 1. The van der Waals surface area contributed by atoms with Gasteiger partial charge in [0.05, 0.1) is 4.92 Å². The molecule has 20 heavy (non-hydrogen) atoms. The van der Waals surface area contributed by atoms with Crippen molar-refractivity contribution in [3.8, 4) is 0 Å². The number of anilines is 1. The highest BCUT2D eigenvalue weighted by molar-refractivity contribution is 6.69. The molecule has 0 saturated carbocycles. The Morgan fingerprint density at radius 1 is 1.10 bits per heavy atom. The first kappa shape index (κ1) is 16.6. The highest BCUT2D eigenvalue weighted by atomic mass is 28.4. The average molecular weight is 298 g/mol. The van der Waals surface area contributed by atoms with Gasteiger partial charge < -0.3 is 13.8 Å². The van der Waals surface area contributed by atoms with Crippen LogP contribution in [0.1, 0.15) is 27.7 Å². The van der Waals surface area contributed by atoms with Crippen molar-refractivity contribution in [1.29, 1.82) is 0 Å². The second kappa shape index (κ2) is 6.82. The van der Waals surface area contributed by atoms with Gasteiger partial charge >= 0.3 is 8.72 Å². The molecule has 0 aliphatic rings. The summed E-state index contributed by atoms with van der Waals surface area (Å²) in [5, 5.41) is 10.6. The number of hydrogen-bond acceptors (Lipinski definition) is 5. The SMILES string of the molecule is CC(C)O[Si](C)(Nc1ccc([N+](=O)[O-])cc1)OC(C)C. The maximum atomic E-state index is 10.6. The van der Waals surface area contributed by atoms with Crippen LogP contribution in [0.3, 0.4) is 0 Å². The monoisotopic (exact) mass is 298 g/mol. The van der Waals surface area contributed by atoms with E-state index in [9.17, 15) is 10.1 Å². The van der Waals surface area contributed by atoms with Crippen molar-refractivity contribution in [3.05, 3.63) is 34.4 Å². The quantitative estimate of drug-likeness (QED) is 0.474. The van der Waals surface area contributed by atoms with Gasteiger partial charge in [-0.25, -0.2) is 0 Å². The lowest BCUT2D eigenvalue weighted by atomic mass is 10.3. The van der Waals surface area contributed by atoms with Crippen molar-refractivity contribution in [1.82, 2.24) is 0 Å². The summed E-state index contributed by atoms with van der Waals surface area (Å²) in [6, 6.07) is 6.25. The van der Waals surface area contributed by atoms with Crippen LogP contribution in [0.15, 0.2) is 24.3 Å². The maximum Gasteiger partial charge on any atom is 0.454 e. The van der Waals surface area contributed by atoms with Crippen molar-refractivity contribution >= 4 is 20.1 Å². The second-order valence-corrected chi connectivity index (χ2v) is 7.82. The number of benzene rings is 1. The molecule has 0 fully saturated rings. The Bertz CT molecular complexity index is 438. The van der Waals surface area contributed by atoms with Gasteiger partial charge in [0.1, 0.15) is 0 Å². The first-order valence-corrected chi connectivity index (χ1v) is 8.92. The van der Waals surface area contributed by atoms with Crippen LogP contribution in [0, 0.1) is 10.1 Å². The number of nitrogens with one attached hydrogen (secondary N) is 1. The molecule has 0 aliphatic heterocycles. The van der Waals surface area contributed by atoms with E-state index < -0.39 is 13.6 Å². The minimum atomic E-state index is -2.58. The summed E-state index contributed by atoms with van der Waals surface area (Å²) in [4.78, 5) is 13.5. The molecule has 0 unspecified atom stereocenters. The van der Waals surface area contributed by atoms with Crippen molar-refractivity contribution in [2.75, 3.05) is 4.98 Å². The fourth-order valence-corrected chi connectivity index (χ4v) is 4.58. The van der Waals surface area contributed by atoms with Crippen LogP contribution in [-0.2, 0) is 8.85 Å². The van der Waals surface area contributed by atoms with E-state index >= 15 is 0 Å². The van der Waals surface area contributed by atoms with E-state index in [0.29, 0.717) is 0 Å². The van der Waals surface area contributed by atoms with Gasteiger partial charge in [0.2, 0.25) is 0 Å². The van der Waals surface area contributed by atoms with Crippen LogP contribution < -0.4 is 4.98 Å². The first-order valence-electron chi connectivity index (χ1n) is 6.60. The molecule has 0 bridgehead atoms. The summed E-state index contributed by atoms with van der Waals surface area (Å²) in [5.41, 5.74) is 0.819. The summed E-state index contributed by atoms with van der Waals surface area (Å²) in [5.74, 6) is 0. The Hall–Kier alpha value is -1.44. The molecule has 6 nitrogen and oxygen atoms in total. The predicted octanol–water partition coefficient (Wildman–Crippen LogP) is 3.43. The van der Waals surface area contributed by atoms with Crippen LogP contribution in [0.2, 0.25) is 6.55 Å². The third-order valence-electron chi connectivity index (χ3n) is 2.37. The molecule has 0 atom stereocenters. The molecule has 0 aromatic heterocycles. The zero-order valence-electron chi connectivity index (χ0n) is 12.5. The van der Waals surface area contributed by atoms with Gasteiger partial charge in [0.15, 0.2) is 0 Å². The zero-order chi connectivity index (χ0) is 15.3. The van der Waals surface area contributed by atoms with Gasteiger partial charge in [0, 0.05) is 30.0 Å². The Labute approximate surface area is 120 Å². The number of non-ortho nitro benzene ring substituents is 1. The number of nitro groups is 1. The highest BCUT2D eigenvalue weighted by Crippen LogP contribution is 2.20. The van der Waals surface area contributed by atoms with Crippen LogP contribution >= 0.6 is 0 Å². The standard InChI is InChI=1S/C13H22N2O4Si/c1-10(2)18-20(5,19-11(3)4)14-12-6-8-13(9-7-12)15(16)17/h6-11,14H,1-5H3. The molecule has 112 valence electrons. The average Bonchev–Trinajstić information content (AvgIpc) is 2.26. The van der Waals surface area contributed by atoms with Crippen LogP contribution in [-0.4, -0.2) is 25.9 Å². The van der Waals surface area contributed by atoms with Gasteiger partial charge in [0.25, 0.3) is 5.69 Å². The largest absolute Gasteiger partial charge is 0.454 e. The molecule has 0 heterocycles. The molecule has 1 aromatic carbocycles. The normalized spacial score (nSPS) is 11.9. The van der Waals surface area contributed by atoms with Crippen molar-refractivity contribution in [2.45, 2.75) is 46.4 Å². The van der Waals surface area contributed by atoms with E-state index in [-0.39, 0.29) is 17.9 Å². The molecular formula is C13H22N2O4Si. The topological polar surface area (TPSA) is 73.6 Å². The van der Waals surface area contributed by atoms with Crippen LogP contribution in [0.25, 0.3) is 0 Å². The second-order valence-electron chi connectivity index (χ2n) is 5.21. The van der Waals surface area contributed by atoms with E-state index in [0.717, 1.165) is 5.69 Å². The van der Waals surface area contributed by atoms with E-state index in [1.165, 1.54) is 12.1 Å². The lowest BCUT2D eigenvalue weighted by Crippen LogP contribution is -2.50. The Morgan fingerprint density at radius 2 is 1.55 bits per heavy atom. The molecule has 0 spiro atoms. The molecule has 1 rings (SSSR count). The molecule has 1 aromatic rings. The molecule has 0 aliphatic carbocycles. The summed E-state index contributed by atoms with van der Waals surface area (Å²) in [7, 11) is -2.58. The third kappa shape index (κ3) is 5.28. The number of rotatable bonds is 7. The first-order chi connectivity index (χ1) is 9.22. The van der Waals surface area contributed by atoms with Crippen LogP contribution in [0.4, 0.5) is 11.4 Å². The molecule has 0 saturated heterocycles. The number of hydrogen-bond donors (Lipinski definition) is 1. The fourth-order valence-electron chi connectivity index (χ4n) is 1.91. The summed E-state index contributed by atoms with van der Waals surface area (Å²) in [6.45, 7) is 9.73. The maximum absolute atomic E-state index is 10.6. The van der Waals surface area contributed by atoms with E-state index in [4.69, 9.17) is 8.85 Å². The minimum absolute atomic E-state index is 0.0379. The zero-order valence-corrected chi connectivity index (χ0v) is 13.5. The molecular weight excluding hydrogens is 276 g/mol. The van der Waals surface area contributed by atoms with E-state index in [2.05, 4.69) is 4.98 Å². The minimum Gasteiger partial charge on any atom is -0.376 e. The predicted molar refractivity (Wildman–Crippen MR) is 80.8 cm³/mol. The third-order valence-corrected chi connectivity index (χ3v) is 4.96. The smallest absolute Gasteiger partial charge is 0.376 e. The lowest BCUT2D eigenvalue weighted by Gasteiger charge is -2.31. The summed E-state index contributed by atoms with van der Waals surface area (Å²) >= 11 is 0. The van der Waals surface area contributed by atoms with Crippen LogP contribution in [0.5, 0.6) is 0 Å². The van der Waals surface area contributed by atoms with Gasteiger partial charge in [-0.05, 0) is 46.4 Å². The van der Waals surface area contributed by atoms with Gasteiger partial charge in [-0.15, -0.1) is 0 Å². The van der Waals surface area contributed by atoms with Gasteiger partial charge in [-0.2, -0.15) is 0 Å².